The largest absolute Gasteiger partial charge is 0.483 e. The van der Waals surface area contributed by atoms with E-state index in [4.69, 9.17) is 16.3 Å². The van der Waals surface area contributed by atoms with Gasteiger partial charge in [0.2, 0.25) is 0 Å². The van der Waals surface area contributed by atoms with Crippen molar-refractivity contribution in [2.75, 3.05) is 11.9 Å². The number of nitrogens with one attached hydrogen (secondary N) is 1. The quantitative estimate of drug-likeness (QED) is 0.491. The lowest BCUT2D eigenvalue weighted by atomic mass is 10.0. The van der Waals surface area contributed by atoms with E-state index in [9.17, 15) is 4.79 Å². The van der Waals surface area contributed by atoms with Crippen LogP contribution in [0, 0.1) is 0 Å². The molecule has 4 heteroatoms. The monoisotopic (exact) mass is 407 g/mol. The summed E-state index contributed by atoms with van der Waals surface area (Å²) in [4.78, 5) is 12.6. The summed E-state index contributed by atoms with van der Waals surface area (Å²) in [5.41, 5.74) is 5.10. The molecule has 0 aliphatic heterocycles. The van der Waals surface area contributed by atoms with Gasteiger partial charge in [0, 0.05) is 17.1 Å². The molecule has 3 aromatic rings. The molecular weight excluding hydrogens is 382 g/mol. The van der Waals surface area contributed by atoms with E-state index in [1.165, 1.54) is 5.56 Å². The fourth-order valence-corrected chi connectivity index (χ4v) is 3.68. The zero-order valence-corrected chi connectivity index (χ0v) is 17.6. The van der Waals surface area contributed by atoms with Gasteiger partial charge in [0.05, 0.1) is 0 Å². The van der Waals surface area contributed by atoms with Crippen molar-refractivity contribution in [2.45, 2.75) is 33.1 Å². The summed E-state index contributed by atoms with van der Waals surface area (Å²) < 4.78 is 5.88. The first-order valence-corrected chi connectivity index (χ1v) is 10.3. The van der Waals surface area contributed by atoms with Crippen LogP contribution in [0.3, 0.4) is 0 Å². The van der Waals surface area contributed by atoms with E-state index < -0.39 is 0 Å². The number of hydrogen-bond acceptors (Lipinski definition) is 2. The second kappa shape index (κ2) is 10.1. The van der Waals surface area contributed by atoms with Crippen LogP contribution in [0.15, 0.2) is 66.7 Å². The van der Waals surface area contributed by atoms with Crippen molar-refractivity contribution in [1.82, 2.24) is 0 Å². The molecule has 29 heavy (non-hydrogen) atoms. The minimum absolute atomic E-state index is 0.0510. The highest BCUT2D eigenvalue weighted by atomic mass is 35.5. The first kappa shape index (κ1) is 20.9. The summed E-state index contributed by atoms with van der Waals surface area (Å²) in [6, 6.07) is 21.9. The van der Waals surface area contributed by atoms with Crippen LogP contribution in [-0.2, 0) is 24.1 Å². The highest BCUT2D eigenvalue weighted by Gasteiger charge is 2.14. The first-order chi connectivity index (χ1) is 14.1. The minimum Gasteiger partial charge on any atom is -0.483 e. The Bertz CT molecular complexity index is 970. The zero-order chi connectivity index (χ0) is 20.6. The third kappa shape index (κ3) is 5.39. The average Bonchev–Trinajstić information content (AvgIpc) is 2.74. The van der Waals surface area contributed by atoms with E-state index in [-0.39, 0.29) is 12.5 Å². The van der Waals surface area contributed by atoms with Crippen molar-refractivity contribution in [2.24, 2.45) is 0 Å². The van der Waals surface area contributed by atoms with Crippen molar-refractivity contribution in [3.8, 4) is 5.75 Å². The van der Waals surface area contributed by atoms with Gasteiger partial charge in [-0.15, -0.1) is 0 Å². The Morgan fingerprint density at radius 3 is 2.34 bits per heavy atom. The number of hydrogen-bond donors (Lipinski definition) is 1. The molecule has 1 N–H and O–H groups in total. The van der Waals surface area contributed by atoms with E-state index in [1.807, 2.05) is 61.5 Å². The van der Waals surface area contributed by atoms with Gasteiger partial charge in [0.1, 0.15) is 5.75 Å². The van der Waals surface area contributed by atoms with Crippen LogP contribution in [0.5, 0.6) is 5.75 Å². The SMILES string of the molecule is CCc1ccc(Cl)c(CC)c1NC(=O)COc1ccccc1Cc1ccccc1. The van der Waals surface area contributed by atoms with E-state index in [2.05, 4.69) is 24.4 Å². The second-order valence-electron chi connectivity index (χ2n) is 6.87. The summed E-state index contributed by atoms with van der Waals surface area (Å²) in [6.45, 7) is 4.05. The number of benzene rings is 3. The number of aryl methyl sites for hydroxylation is 1. The average molecular weight is 408 g/mol. The minimum atomic E-state index is -0.189. The van der Waals surface area contributed by atoms with Crippen molar-refractivity contribution in [1.29, 1.82) is 0 Å². The molecule has 0 aromatic heterocycles. The Labute approximate surface area is 177 Å². The molecule has 0 aliphatic carbocycles. The second-order valence-corrected chi connectivity index (χ2v) is 7.28. The van der Waals surface area contributed by atoms with Crippen LogP contribution in [0.2, 0.25) is 5.02 Å². The number of amides is 1. The van der Waals surface area contributed by atoms with E-state index in [0.717, 1.165) is 47.4 Å². The zero-order valence-electron chi connectivity index (χ0n) is 16.9. The fourth-order valence-electron chi connectivity index (χ4n) is 3.39. The lowest BCUT2D eigenvalue weighted by Crippen LogP contribution is -2.22. The molecule has 0 spiro atoms. The molecule has 0 atom stereocenters. The molecule has 0 aliphatic rings. The Hall–Kier alpha value is -2.78. The van der Waals surface area contributed by atoms with E-state index in [0.29, 0.717) is 5.02 Å². The van der Waals surface area contributed by atoms with Gasteiger partial charge >= 0.3 is 0 Å². The molecule has 0 bridgehead atoms. The maximum Gasteiger partial charge on any atom is 0.262 e. The normalized spacial score (nSPS) is 10.6. The van der Waals surface area contributed by atoms with Gasteiger partial charge in [0.25, 0.3) is 5.91 Å². The standard InChI is InChI=1S/C25H26ClNO2/c1-3-19-14-15-22(26)21(4-2)25(19)27-24(28)17-29-23-13-9-8-12-20(23)16-18-10-6-5-7-11-18/h5-15H,3-4,16-17H2,1-2H3,(H,27,28). The van der Waals surface area contributed by atoms with Gasteiger partial charge in [-0.05, 0) is 47.2 Å². The Morgan fingerprint density at radius 2 is 1.62 bits per heavy atom. The summed E-state index contributed by atoms with van der Waals surface area (Å²) in [6.07, 6.45) is 2.33. The predicted octanol–water partition coefficient (Wildman–Crippen LogP) is 6.07. The van der Waals surface area contributed by atoms with E-state index in [1.54, 1.807) is 0 Å². The molecule has 3 rings (SSSR count). The third-order valence-corrected chi connectivity index (χ3v) is 5.26. The van der Waals surface area contributed by atoms with Gasteiger partial charge in [-0.3, -0.25) is 4.79 Å². The van der Waals surface area contributed by atoms with Crippen LogP contribution in [0.1, 0.15) is 36.1 Å². The predicted molar refractivity (Wildman–Crippen MR) is 120 cm³/mol. The maximum absolute atomic E-state index is 12.6. The van der Waals surface area contributed by atoms with Crippen molar-refractivity contribution in [3.63, 3.8) is 0 Å². The molecule has 0 fully saturated rings. The molecule has 0 unspecified atom stereocenters. The lowest BCUT2D eigenvalue weighted by Gasteiger charge is -2.17. The van der Waals surface area contributed by atoms with Crippen LogP contribution >= 0.6 is 11.6 Å². The van der Waals surface area contributed by atoms with Gasteiger partial charge in [-0.1, -0.05) is 80.0 Å². The molecule has 0 saturated carbocycles. The Morgan fingerprint density at radius 1 is 0.897 bits per heavy atom. The number of rotatable bonds is 8. The topological polar surface area (TPSA) is 38.3 Å². The molecule has 3 aromatic carbocycles. The number of halogens is 1. The highest BCUT2D eigenvalue weighted by Crippen LogP contribution is 2.29. The molecule has 3 nitrogen and oxygen atoms in total. The first-order valence-electron chi connectivity index (χ1n) is 9.97. The molecule has 0 heterocycles. The highest BCUT2D eigenvalue weighted by molar-refractivity contribution is 6.32. The smallest absolute Gasteiger partial charge is 0.262 e. The van der Waals surface area contributed by atoms with Gasteiger partial charge in [-0.25, -0.2) is 0 Å². The number of anilines is 1. The number of ether oxygens (including phenoxy) is 1. The molecular formula is C25H26ClNO2. The van der Waals surface area contributed by atoms with Crippen molar-refractivity contribution in [3.05, 3.63) is 94.0 Å². The Kier molecular flexibility index (Phi) is 7.31. The summed E-state index contributed by atoms with van der Waals surface area (Å²) in [5.74, 6) is 0.537. The van der Waals surface area contributed by atoms with Crippen molar-refractivity contribution < 1.29 is 9.53 Å². The molecule has 150 valence electrons. The van der Waals surface area contributed by atoms with Crippen LogP contribution < -0.4 is 10.1 Å². The lowest BCUT2D eigenvalue weighted by molar-refractivity contribution is -0.118. The number of carbonyl (C=O) groups excluding carboxylic acids is 1. The third-order valence-electron chi connectivity index (χ3n) is 4.91. The number of para-hydroxylation sites is 1. The summed E-state index contributed by atoms with van der Waals surface area (Å²) >= 11 is 6.33. The molecule has 1 amide bonds. The molecule has 0 saturated heterocycles. The van der Waals surface area contributed by atoms with Crippen LogP contribution in [0.25, 0.3) is 0 Å². The van der Waals surface area contributed by atoms with Gasteiger partial charge in [-0.2, -0.15) is 0 Å². The Balaban J connectivity index is 1.70. The number of carbonyl (C=O) groups is 1. The molecule has 0 radical (unpaired) electrons. The van der Waals surface area contributed by atoms with Crippen LogP contribution in [-0.4, -0.2) is 12.5 Å². The van der Waals surface area contributed by atoms with Crippen molar-refractivity contribution >= 4 is 23.2 Å². The van der Waals surface area contributed by atoms with Gasteiger partial charge < -0.3 is 10.1 Å². The summed E-state index contributed by atoms with van der Waals surface area (Å²) in [7, 11) is 0. The maximum atomic E-state index is 12.6. The van der Waals surface area contributed by atoms with Crippen LogP contribution in [0.4, 0.5) is 5.69 Å². The van der Waals surface area contributed by atoms with Gasteiger partial charge in [0.15, 0.2) is 6.61 Å². The van der Waals surface area contributed by atoms with E-state index >= 15 is 0 Å². The fraction of sp³-hybridized carbons (Fsp3) is 0.240. The summed E-state index contributed by atoms with van der Waals surface area (Å²) in [5, 5.41) is 3.69.